The predicted octanol–water partition coefficient (Wildman–Crippen LogP) is 2.67. The minimum Gasteiger partial charge on any atom is -0.392 e. The third-order valence-corrected chi connectivity index (χ3v) is 4.58. The Kier molecular flexibility index (Phi) is 5.79. The summed E-state index contributed by atoms with van der Waals surface area (Å²) in [5.41, 5.74) is 2.65. The van der Waals surface area contributed by atoms with E-state index in [0.717, 1.165) is 38.2 Å². The largest absolute Gasteiger partial charge is 0.392 e. The average Bonchev–Trinajstić information content (AvgIpc) is 2.88. The molecule has 0 unspecified atom stereocenters. The van der Waals surface area contributed by atoms with Crippen LogP contribution in [0.4, 0.5) is 4.39 Å². The molecule has 1 N–H and O–H groups in total. The number of hydrogen-bond donors (Lipinski definition) is 1. The van der Waals surface area contributed by atoms with E-state index >= 15 is 0 Å². The molecule has 25 heavy (non-hydrogen) atoms. The van der Waals surface area contributed by atoms with Crippen molar-refractivity contribution in [2.75, 3.05) is 26.2 Å². The molecule has 1 aliphatic heterocycles. The Hall–Kier alpha value is -2.24. The van der Waals surface area contributed by atoms with Crippen molar-refractivity contribution in [1.82, 2.24) is 9.80 Å². The van der Waals surface area contributed by atoms with Crippen LogP contribution in [0.15, 0.2) is 48.5 Å². The van der Waals surface area contributed by atoms with Crippen molar-refractivity contribution in [1.29, 1.82) is 0 Å². The van der Waals surface area contributed by atoms with E-state index in [4.69, 9.17) is 5.11 Å². The van der Waals surface area contributed by atoms with Crippen molar-refractivity contribution in [3.8, 4) is 0 Å². The summed E-state index contributed by atoms with van der Waals surface area (Å²) >= 11 is 0. The van der Waals surface area contributed by atoms with Gasteiger partial charge in [-0.1, -0.05) is 24.3 Å². The van der Waals surface area contributed by atoms with Crippen molar-refractivity contribution >= 4 is 5.91 Å². The lowest BCUT2D eigenvalue weighted by Crippen LogP contribution is -2.35. The van der Waals surface area contributed by atoms with E-state index in [0.29, 0.717) is 12.1 Å². The lowest BCUT2D eigenvalue weighted by Gasteiger charge is -2.22. The fourth-order valence-electron chi connectivity index (χ4n) is 3.12. The summed E-state index contributed by atoms with van der Waals surface area (Å²) in [5.74, 6) is -0.361. The molecule has 1 fully saturated rings. The maximum atomic E-state index is 13.0. The maximum absolute atomic E-state index is 13.0. The molecular weight excluding hydrogens is 319 g/mol. The van der Waals surface area contributed by atoms with E-state index in [1.807, 2.05) is 29.2 Å². The van der Waals surface area contributed by atoms with Crippen molar-refractivity contribution in [2.45, 2.75) is 19.6 Å². The Bertz CT molecular complexity index is 701. The summed E-state index contributed by atoms with van der Waals surface area (Å²) in [6.07, 6.45) is 0.918. The summed E-state index contributed by atoms with van der Waals surface area (Å²) in [7, 11) is 0. The van der Waals surface area contributed by atoms with Crippen LogP contribution in [-0.4, -0.2) is 47.0 Å². The summed E-state index contributed by atoms with van der Waals surface area (Å²) in [5, 5.41) is 9.11. The molecule has 3 rings (SSSR count). The molecule has 0 spiro atoms. The van der Waals surface area contributed by atoms with Gasteiger partial charge in [0.1, 0.15) is 5.82 Å². The molecule has 0 atom stereocenters. The standard InChI is InChI=1S/C20H23FN2O2/c21-19-8-6-18(7-9-19)20(25)23-11-1-10-22(12-13-23)14-16-2-4-17(15-24)5-3-16/h2-9,24H,1,10-15H2. The van der Waals surface area contributed by atoms with Crippen molar-refractivity contribution in [3.05, 3.63) is 71.0 Å². The summed E-state index contributed by atoms with van der Waals surface area (Å²) in [6, 6.07) is 13.7. The Balaban J connectivity index is 1.57. The van der Waals surface area contributed by atoms with Gasteiger partial charge in [0.2, 0.25) is 0 Å². The molecule has 0 aromatic heterocycles. The van der Waals surface area contributed by atoms with Crippen LogP contribution in [0.3, 0.4) is 0 Å². The molecule has 1 heterocycles. The van der Waals surface area contributed by atoms with Crippen LogP contribution in [-0.2, 0) is 13.2 Å². The van der Waals surface area contributed by atoms with Gasteiger partial charge >= 0.3 is 0 Å². The topological polar surface area (TPSA) is 43.8 Å². The quantitative estimate of drug-likeness (QED) is 0.929. The number of carbonyl (C=O) groups excluding carboxylic acids is 1. The molecule has 2 aromatic rings. The van der Waals surface area contributed by atoms with Crippen LogP contribution >= 0.6 is 0 Å². The van der Waals surface area contributed by atoms with Crippen molar-refractivity contribution in [2.24, 2.45) is 0 Å². The molecule has 2 aromatic carbocycles. The fourth-order valence-corrected chi connectivity index (χ4v) is 3.12. The van der Waals surface area contributed by atoms with Crippen LogP contribution in [0.1, 0.15) is 27.9 Å². The minimum absolute atomic E-state index is 0.0332. The number of aliphatic hydroxyl groups is 1. The van der Waals surface area contributed by atoms with Gasteiger partial charge in [-0.3, -0.25) is 9.69 Å². The molecule has 132 valence electrons. The zero-order valence-electron chi connectivity index (χ0n) is 14.2. The monoisotopic (exact) mass is 342 g/mol. The van der Waals surface area contributed by atoms with Gasteiger partial charge in [0.25, 0.3) is 5.91 Å². The Morgan fingerprint density at radius 1 is 0.920 bits per heavy atom. The first-order chi connectivity index (χ1) is 12.2. The van der Waals surface area contributed by atoms with E-state index in [1.54, 1.807) is 12.1 Å². The third kappa shape index (κ3) is 4.65. The number of carbonyl (C=O) groups is 1. The molecule has 0 saturated carbocycles. The van der Waals surface area contributed by atoms with Crippen molar-refractivity contribution < 1.29 is 14.3 Å². The number of halogens is 1. The highest BCUT2D eigenvalue weighted by Crippen LogP contribution is 2.13. The summed E-state index contributed by atoms with van der Waals surface area (Å²) in [6.45, 7) is 4.04. The molecule has 1 saturated heterocycles. The SMILES string of the molecule is O=C(c1ccc(F)cc1)N1CCCN(Cc2ccc(CO)cc2)CC1. The van der Waals surface area contributed by atoms with E-state index in [-0.39, 0.29) is 18.3 Å². The number of rotatable bonds is 4. The number of hydrogen-bond acceptors (Lipinski definition) is 3. The number of aliphatic hydroxyl groups excluding tert-OH is 1. The first-order valence-corrected chi connectivity index (χ1v) is 8.61. The summed E-state index contributed by atoms with van der Waals surface area (Å²) in [4.78, 5) is 16.7. The highest BCUT2D eigenvalue weighted by Gasteiger charge is 2.20. The van der Waals surface area contributed by atoms with E-state index in [2.05, 4.69) is 4.90 Å². The van der Waals surface area contributed by atoms with Gasteiger partial charge in [-0.2, -0.15) is 0 Å². The lowest BCUT2D eigenvalue weighted by atomic mass is 10.1. The van der Waals surface area contributed by atoms with Gasteiger partial charge < -0.3 is 10.0 Å². The van der Waals surface area contributed by atoms with Crippen LogP contribution < -0.4 is 0 Å². The first-order valence-electron chi connectivity index (χ1n) is 8.61. The molecule has 0 aliphatic carbocycles. The number of nitrogens with zero attached hydrogens (tertiary/aromatic N) is 2. The minimum atomic E-state index is -0.328. The second-order valence-electron chi connectivity index (χ2n) is 6.40. The lowest BCUT2D eigenvalue weighted by molar-refractivity contribution is 0.0761. The highest BCUT2D eigenvalue weighted by atomic mass is 19.1. The molecule has 0 radical (unpaired) electrons. The zero-order valence-corrected chi connectivity index (χ0v) is 14.2. The van der Waals surface area contributed by atoms with Crippen LogP contribution in [0.25, 0.3) is 0 Å². The van der Waals surface area contributed by atoms with E-state index in [9.17, 15) is 9.18 Å². The molecular formula is C20H23FN2O2. The van der Waals surface area contributed by atoms with Gasteiger partial charge in [0.05, 0.1) is 6.61 Å². The number of benzene rings is 2. The third-order valence-electron chi connectivity index (χ3n) is 4.58. The smallest absolute Gasteiger partial charge is 0.253 e. The highest BCUT2D eigenvalue weighted by molar-refractivity contribution is 5.94. The average molecular weight is 342 g/mol. The van der Waals surface area contributed by atoms with E-state index in [1.165, 1.54) is 17.7 Å². The van der Waals surface area contributed by atoms with Gasteiger partial charge in [-0.05, 0) is 41.8 Å². The Morgan fingerprint density at radius 3 is 2.28 bits per heavy atom. The van der Waals surface area contributed by atoms with Gasteiger partial charge in [-0.25, -0.2) is 4.39 Å². The van der Waals surface area contributed by atoms with Crippen LogP contribution in [0.5, 0.6) is 0 Å². The zero-order chi connectivity index (χ0) is 17.6. The normalized spacial score (nSPS) is 15.8. The second kappa shape index (κ2) is 8.23. The predicted molar refractivity (Wildman–Crippen MR) is 94.6 cm³/mol. The van der Waals surface area contributed by atoms with Crippen molar-refractivity contribution in [3.63, 3.8) is 0 Å². The first kappa shape index (κ1) is 17.6. The van der Waals surface area contributed by atoms with E-state index < -0.39 is 0 Å². The second-order valence-corrected chi connectivity index (χ2v) is 6.40. The Labute approximate surface area is 147 Å². The Morgan fingerprint density at radius 2 is 1.60 bits per heavy atom. The molecule has 1 amide bonds. The number of amides is 1. The molecule has 4 nitrogen and oxygen atoms in total. The molecule has 5 heteroatoms. The van der Waals surface area contributed by atoms with Gasteiger partial charge in [-0.15, -0.1) is 0 Å². The fraction of sp³-hybridized carbons (Fsp3) is 0.350. The van der Waals surface area contributed by atoms with Gasteiger partial charge in [0, 0.05) is 38.3 Å². The van der Waals surface area contributed by atoms with Crippen LogP contribution in [0, 0.1) is 5.82 Å². The summed E-state index contributed by atoms with van der Waals surface area (Å²) < 4.78 is 13.0. The molecule has 1 aliphatic rings. The molecule has 0 bridgehead atoms. The van der Waals surface area contributed by atoms with Crippen LogP contribution in [0.2, 0.25) is 0 Å². The maximum Gasteiger partial charge on any atom is 0.253 e. The van der Waals surface area contributed by atoms with Gasteiger partial charge in [0.15, 0.2) is 0 Å².